The third-order valence-electron chi connectivity index (χ3n) is 2.16. The van der Waals surface area contributed by atoms with Crippen LogP contribution in [-0.2, 0) is 0 Å². The molecular formula is C12H7Cl4N3. The lowest BCUT2D eigenvalue weighted by molar-refractivity contribution is 1.30. The SMILES string of the molecule is Clc1ccc(NN=Cc2ccc(Cl)nc2Cl)c(Cl)c1. The molecule has 0 radical (unpaired) electrons. The highest BCUT2D eigenvalue weighted by Gasteiger charge is 2.01. The summed E-state index contributed by atoms with van der Waals surface area (Å²) in [6.45, 7) is 0. The van der Waals surface area contributed by atoms with Gasteiger partial charge in [-0.2, -0.15) is 5.10 Å². The van der Waals surface area contributed by atoms with Crippen molar-refractivity contribution in [1.82, 2.24) is 4.98 Å². The van der Waals surface area contributed by atoms with E-state index < -0.39 is 0 Å². The predicted molar refractivity (Wildman–Crippen MR) is 81.9 cm³/mol. The monoisotopic (exact) mass is 333 g/mol. The fourth-order valence-corrected chi connectivity index (χ4v) is 2.12. The van der Waals surface area contributed by atoms with Gasteiger partial charge in [-0.25, -0.2) is 4.98 Å². The highest BCUT2D eigenvalue weighted by atomic mass is 35.5. The van der Waals surface area contributed by atoms with Gasteiger partial charge < -0.3 is 0 Å². The molecule has 1 aromatic heterocycles. The fraction of sp³-hybridized carbons (Fsp3) is 0. The summed E-state index contributed by atoms with van der Waals surface area (Å²) in [7, 11) is 0. The molecule has 1 heterocycles. The molecule has 7 heteroatoms. The average molecular weight is 335 g/mol. The third kappa shape index (κ3) is 3.98. The summed E-state index contributed by atoms with van der Waals surface area (Å²) >= 11 is 23.4. The number of halogens is 4. The molecule has 3 nitrogen and oxygen atoms in total. The molecule has 2 rings (SSSR count). The maximum Gasteiger partial charge on any atom is 0.139 e. The van der Waals surface area contributed by atoms with Crippen molar-refractivity contribution in [2.24, 2.45) is 5.10 Å². The molecule has 0 aliphatic heterocycles. The molecule has 0 saturated heterocycles. The van der Waals surface area contributed by atoms with E-state index in [0.29, 0.717) is 26.4 Å². The lowest BCUT2D eigenvalue weighted by atomic mass is 10.3. The van der Waals surface area contributed by atoms with Gasteiger partial charge in [0.15, 0.2) is 0 Å². The van der Waals surface area contributed by atoms with Gasteiger partial charge in [-0.3, -0.25) is 5.43 Å². The Morgan fingerprint density at radius 1 is 1.05 bits per heavy atom. The zero-order valence-electron chi connectivity index (χ0n) is 9.37. The van der Waals surface area contributed by atoms with Crippen molar-refractivity contribution >= 4 is 58.3 Å². The minimum atomic E-state index is 0.278. The summed E-state index contributed by atoms with van der Waals surface area (Å²) in [6, 6.07) is 8.40. The number of nitrogens with one attached hydrogen (secondary N) is 1. The van der Waals surface area contributed by atoms with E-state index in [0.717, 1.165) is 0 Å². The predicted octanol–water partition coefficient (Wildman–Crippen LogP) is 5.14. The number of anilines is 1. The van der Waals surface area contributed by atoms with Crippen LogP contribution in [0.1, 0.15) is 5.56 Å². The van der Waals surface area contributed by atoms with Gasteiger partial charge in [-0.15, -0.1) is 0 Å². The zero-order valence-corrected chi connectivity index (χ0v) is 12.4. The van der Waals surface area contributed by atoms with E-state index in [1.165, 1.54) is 6.21 Å². The van der Waals surface area contributed by atoms with Crippen LogP contribution < -0.4 is 5.43 Å². The highest BCUT2D eigenvalue weighted by Crippen LogP contribution is 2.25. The molecule has 0 aliphatic rings. The van der Waals surface area contributed by atoms with Crippen LogP contribution in [0.4, 0.5) is 5.69 Å². The first-order chi connectivity index (χ1) is 9.06. The van der Waals surface area contributed by atoms with Gasteiger partial charge in [0, 0.05) is 10.6 Å². The number of hydrogen-bond acceptors (Lipinski definition) is 3. The van der Waals surface area contributed by atoms with Gasteiger partial charge in [0.1, 0.15) is 10.3 Å². The lowest BCUT2D eigenvalue weighted by Crippen LogP contribution is -1.93. The summed E-state index contributed by atoms with van der Waals surface area (Å²) < 4.78 is 0. The van der Waals surface area contributed by atoms with Crippen molar-refractivity contribution in [2.75, 3.05) is 5.43 Å². The molecule has 0 fully saturated rings. The molecule has 0 bridgehead atoms. The Morgan fingerprint density at radius 3 is 2.53 bits per heavy atom. The molecule has 2 aromatic rings. The molecule has 1 N–H and O–H groups in total. The third-order valence-corrected chi connectivity index (χ3v) is 3.22. The van der Waals surface area contributed by atoms with Crippen LogP contribution in [0, 0.1) is 0 Å². The maximum absolute atomic E-state index is 5.99. The van der Waals surface area contributed by atoms with Gasteiger partial charge in [0.2, 0.25) is 0 Å². The largest absolute Gasteiger partial charge is 0.277 e. The number of rotatable bonds is 3. The van der Waals surface area contributed by atoms with Gasteiger partial charge in [0.25, 0.3) is 0 Å². The number of hydrazone groups is 1. The summed E-state index contributed by atoms with van der Waals surface area (Å²) in [4.78, 5) is 3.90. The summed E-state index contributed by atoms with van der Waals surface area (Å²) in [5, 5.41) is 5.67. The van der Waals surface area contributed by atoms with Crippen molar-refractivity contribution < 1.29 is 0 Å². The van der Waals surface area contributed by atoms with Crippen molar-refractivity contribution in [3.8, 4) is 0 Å². The normalized spacial score (nSPS) is 10.9. The Balaban J connectivity index is 2.11. The first-order valence-electron chi connectivity index (χ1n) is 5.12. The first-order valence-corrected chi connectivity index (χ1v) is 6.63. The lowest BCUT2D eigenvalue weighted by Gasteiger charge is -2.03. The molecule has 98 valence electrons. The quantitative estimate of drug-likeness (QED) is 0.479. The van der Waals surface area contributed by atoms with Crippen LogP contribution in [0.3, 0.4) is 0 Å². The number of aromatic nitrogens is 1. The minimum Gasteiger partial charge on any atom is -0.277 e. The second-order valence-electron chi connectivity index (χ2n) is 3.51. The summed E-state index contributed by atoms with van der Waals surface area (Å²) in [5.74, 6) is 0. The molecule has 0 amide bonds. The van der Waals surface area contributed by atoms with Crippen LogP contribution in [0.2, 0.25) is 20.4 Å². The smallest absolute Gasteiger partial charge is 0.139 e. The second-order valence-corrected chi connectivity index (χ2v) is 5.10. The van der Waals surface area contributed by atoms with Crippen molar-refractivity contribution in [3.05, 3.63) is 56.2 Å². The van der Waals surface area contributed by atoms with Crippen LogP contribution in [-0.4, -0.2) is 11.2 Å². The van der Waals surface area contributed by atoms with E-state index >= 15 is 0 Å². The molecule has 0 unspecified atom stereocenters. The summed E-state index contributed by atoms with van der Waals surface area (Å²) in [5.41, 5.74) is 4.07. The Morgan fingerprint density at radius 2 is 1.84 bits per heavy atom. The van der Waals surface area contributed by atoms with Gasteiger partial charge in [0.05, 0.1) is 16.9 Å². The first kappa shape index (κ1) is 14.4. The van der Waals surface area contributed by atoms with E-state index in [1.807, 2.05) is 0 Å². The van der Waals surface area contributed by atoms with E-state index in [1.54, 1.807) is 30.3 Å². The van der Waals surface area contributed by atoms with Crippen molar-refractivity contribution in [3.63, 3.8) is 0 Å². The van der Waals surface area contributed by atoms with Gasteiger partial charge in [-0.1, -0.05) is 46.4 Å². The molecule has 1 aromatic carbocycles. The van der Waals surface area contributed by atoms with Crippen LogP contribution >= 0.6 is 46.4 Å². The van der Waals surface area contributed by atoms with Crippen molar-refractivity contribution in [1.29, 1.82) is 0 Å². The second kappa shape index (κ2) is 6.44. The van der Waals surface area contributed by atoms with E-state index in [2.05, 4.69) is 15.5 Å². The molecule has 0 saturated carbocycles. The number of benzene rings is 1. The number of nitrogens with zero attached hydrogens (tertiary/aromatic N) is 2. The van der Waals surface area contributed by atoms with Crippen LogP contribution in [0.25, 0.3) is 0 Å². The number of pyridine rings is 1. The Kier molecular flexibility index (Phi) is 4.88. The average Bonchev–Trinajstić information content (AvgIpc) is 2.34. The van der Waals surface area contributed by atoms with E-state index in [9.17, 15) is 0 Å². The van der Waals surface area contributed by atoms with Gasteiger partial charge >= 0.3 is 0 Å². The Hall–Kier alpha value is -1.000. The topological polar surface area (TPSA) is 37.3 Å². The fourth-order valence-electron chi connectivity index (χ4n) is 1.27. The van der Waals surface area contributed by atoms with Crippen molar-refractivity contribution in [2.45, 2.75) is 0 Å². The van der Waals surface area contributed by atoms with E-state index in [4.69, 9.17) is 46.4 Å². The minimum absolute atomic E-state index is 0.278. The Bertz CT molecular complexity index is 628. The molecule has 0 spiro atoms. The maximum atomic E-state index is 5.99. The zero-order chi connectivity index (χ0) is 13.8. The van der Waals surface area contributed by atoms with E-state index in [-0.39, 0.29) is 5.15 Å². The highest BCUT2D eigenvalue weighted by molar-refractivity contribution is 6.36. The molecular weight excluding hydrogens is 328 g/mol. The standard InChI is InChI=1S/C12H7Cl4N3/c13-8-2-3-10(9(14)5-8)19-17-6-7-1-4-11(15)18-12(7)16/h1-6,19H. The van der Waals surface area contributed by atoms with Gasteiger partial charge in [-0.05, 0) is 30.3 Å². The molecule has 0 aliphatic carbocycles. The molecule has 19 heavy (non-hydrogen) atoms. The van der Waals surface area contributed by atoms with Crippen LogP contribution in [0.15, 0.2) is 35.4 Å². The molecule has 0 atom stereocenters. The van der Waals surface area contributed by atoms with Crippen LogP contribution in [0.5, 0.6) is 0 Å². The number of hydrogen-bond donors (Lipinski definition) is 1. The summed E-state index contributed by atoms with van der Waals surface area (Å²) in [6.07, 6.45) is 1.52. The Labute approximate surface area is 130 Å².